The van der Waals surface area contributed by atoms with Crippen molar-refractivity contribution < 1.29 is 30.4 Å². The van der Waals surface area contributed by atoms with E-state index in [1.165, 1.54) is 0 Å². The molecule has 78 valence electrons. The molecule has 0 aromatic heterocycles. The Morgan fingerprint density at radius 2 is 1.46 bits per heavy atom. The lowest BCUT2D eigenvalue weighted by atomic mass is 10.1. The molecule has 0 saturated carbocycles. The summed E-state index contributed by atoms with van der Waals surface area (Å²) < 4.78 is 82.2. The van der Waals surface area contributed by atoms with Crippen LogP contribution in [-0.4, -0.2) is 32.0 Å². The molecule has 0 bridgehead atoms. The summed E-state index contributed by atoms with van der Waals surface area (Å²) in [7, 11) is -5.04. The zero-order valence-corrected chi connectivity index (χ0v) is 6.82. The summed E-state index contributed by atoms with van der Waals surface area (Å²) in [5.41, 5.74) is -6.33. The van der Waals surface area contributed by atoms with Crippen molar-refractivity contribution in [2.24, 2.45) is 5.92 Å². The lowest BCUT2D eigenvalue weighted by molar-refractivity contribution is 0.00519. The van der Waals surface area contributed by atoms with Crippen LogP contribution in [0.3, 0.4) is 0 Å². The molecule has 0 amide bonds. The lowest BCUT2D eigenvalue weighted by Gasteiger charge is -2.10. The molecular weight excluding hydrogens is 219 g/mol. The molecule has 8 heteroatoms. The average Bonchev–Trinajstić information content (AvgIpc) is 2.14. The van der Waals surface area contributed by atoms with Crippen molar-refractivity contribution in [3.63, 3.8) is 0 Å². The molecule has 0 N–H and O–H groups in total. The predicted molar refractivity (Wildman–Crippen MR) is 33.1 cm³/mol. The quantitative estimate of drug-likeness (QED) is 0.627. The van der Waals surface area contributed by atoms with Crippen LogP contribution < -0.4 is 0 Å². The van der Waals surface area contributed by atoms with Crippen LogP contribution in [0.1, 0.15) is 0 Å². The number of hydrogen-bond donors (Lipinski definition) is 0. The standard InChI is InChI=1S/C5H5F5O2S/c6-2-1(3(7)8)4(9)13(11,12)5(2)10/h1-5H. The summed E-state index contributed by atoms with van der Waals surface area (Å²) in [5.74, 6) is -2.71. The highest BCUT2D eigenvalue weighted by molar-refractivity contribution is 7.92. The SMILES string of the molecule is O=S1(=O)C(F)C(F)C(C(F)F)C1F. The van der Waals surface area contributed by atoms with Crippen LogP contribution in [0.4, 0.5) is 22.0 Å². The van der Waals surface area contributed by atoms with Gasteiger partial charge in [-0.15, -0.1) is 0 Å². The summed E-state index contributed by atoms with van der Waals surface area (Å²) in [6.07, 6.45) is -6.51. The molecule has 13 heavy (non-hydrogen) atoms. The summed E-state index contributed by atoms with van der Waals surface area (Å²) in [5, 5.41) is 0. The lowest BCUT2D eigenvalue weighted by Crippen LogP contribution is -2.27. The maximum atomic E-state index is 12.6. The number of sulfone groups is 1. The fourth-order valence-corrected chi connectivity index (χ4v) is 2.60. The molecule has 1 aliphatic rings. The Morgan fingerprint density at radius 1 is 1.00 bits per heavy atom. The summed E-state index contributed by atoms with van der Waals surface area (Å²) in [6.45, 7) is 0. The molecule has 0 aromatic carbocycles. The summed E-state index contributed by atoms with van der Waals surface area (Å²) in [6, 6.07) is 0. The van der Waals surface area contributed by atoms with Gasteiger partial charge in [0.2, 0.25) is 27.3 Å². The van der Waals surface area contributed by atoms with E-state index >= 15 is 0 Å². The van der Waals surface area contributed by atoms with Crippen molar-refractivity contribution >= 4 is 9.84 Å². The van der Waals surface area contributed by atoms with Crippen LogP contribution in [0, 0.1) is 5.92 Å². The number of hydrogen-bond acceptors (Lipinski definition) is 2. The van der Waals surface area contributed by atoms with E-state index in [0.717, 1.165) is 0 Å². The van der Waals surface area contributed by atoms with Crippen molar-refractivity contribution in [3.8, 4) is 0 Å². The second kappa shape index (κ2) is 3.07. The van der Waals surface area contributed by atoms with E-state index in [2.05, 4.69) is 0 Å². The highest BCUT2D eigenvalue weighted by Gasteiger charge is 2.60. The van der Waals surface area contributed by atoms with Gasteiger partial charge in [-0.3, -0.25) is 0 Å². The molecule has 1 rings (SSSR count). The normalized spacial score (nSPS) is 44.2. The van der Waals surface area contributed by atoms with Crippen molar-refractivity contribution in [1.82, 2.24) is 0 Å². The molecule has 2 nitrogen and oxygen atoms in total. The maximum absolute atomic E-state index is 12.6. The van der Waals surface area contributed by atoms with E-state index < -0.39 is 39.4 Å². The third kappa shape index (κ3) is 1.40. The number of halogens is 5. The maximum Gasteiger partial charge on any atom is 0.248 e. The highest BCUT2D eigenvalue weighted by Crippen LogP contribution is 2.40. The van der Waals surface area contributed by atoms with Crippen LogP contribution in [-0.2, 0) is 9.84 Å². The Morgan fingerprint density at radius 3 is 1.62 bits per heavy atom. The van der Waals surface area contributed by atoms with Gasteiger partial charge in [0, 0.05) is 0 Å². The zero-order valence-electron chi connectivity index (χ0n) is 6.00. The molecule has 1 heterocycles. The Balaban J connectivity index is 3.06. The van der Waals surface area contributed by atoms with Gasteiger partial charge in [-0.05, 0) is 0 Å². The van der Waals surface area contributed by atoms with Gasteiger partial charge in [-0.1, -0.05) is 0 Å². The van der Waals surface area contributed by atoms with Crippen molar-refractivity contribution in [2.75, 3.05) is 0 Å². The Hall–Kier alpha value is -0.400. The van der Waals surface area contributed by atoms with Gasteiger partial charge in [0.15, 0.2) is 6.17 Å². The van der Waals surface area contributed by atoms with E-state index in [0.29, 0.717) is 0 Å². The van der Waals surface area contributed by atoms with Crippen LogP contribution in [0.5, 0.6) is 0 Å². The zero-order chi connectivity index (χ0) is 10.4. The third-order valence-corrected chi connectivity index (χ3v) is 3.67. The van der Waals surface area contributed by atoms with E-state index in [1.54, 1.807) is 0 Å². The van der Waals surface area contributed by atoms with Crippen LogP contribution >= 0.6 is 0 Å². The first-order chi connectivity index (χ1) is 5.80. The Kier molecular flexibility index (Phi) is 2.52. The first kappa shape index (κ1) is 10.7. The third-order valence-electron chi connectivity index (χ3n) is 1.84. The van der Waals surface area contributed by atoms with Crippen molar-refractivity contribution in [2.45, 2.75) is 23.6 Å². The first-order valence-corrected chi connectivity index (χ1v) is 4.84. The molecule has 0 spiro atoms. The Labute approximate surface area is 70.6 Å². The first-order valence-electron chi connectivity index (χ1n) is 3.23. The minimum atomic E-state index is -5.04. The van der Waals surface area contributed by atoms with Crippen molar-refractivity contribution in [1.29, 1.82) is 0 Å². The van der Waals surface area contributed by atoms with Gasteiger partial charge in [0.05, 0.1) is 0 Å². The minimum absolute atomic E-state index is 2.71. The Bertz CT molecular complexity index is 289. The number of alkyl halides is 5. The van der Waals surface area contributed by atoms with E-state index in [1.807, 2.05) is 0 Å². The molecule has 4 atom stereocenters. The second-order valence-corrected chi connectivity index (χ2v) is 4.73. The largest absolute Gasteiger partial charge is 0.248 e. The van der Waals surface area contributed by atoms with E-state index in [9.17, 15) is 30.4 Å². The predicted octanol–water partition coefficient (Wildman–Crippen LogP) is 1.23. The highest BCUT2D eigenvalue weighted by atomic mass is 32.2. The molecule has 0 aromatic rings. The smallest absolute Gasteiger partial charge is 0.242 e. The molecule has 1 saturated heterocycles. The van der Waals surface area contributed by atoms with Gasteiger partial charge in [-0.2, -0.15) is 0 Å². The molecule has 0 aliphatic carbocycles. The monoisotopic (exact) mass is 224 g/mol. The average molecular weight is 224 g/mol. The summed E-state index contributed by atoms with van der Waals surface area (Å²) in [4.78, 5) is 0. The van der Waals surface area contributed by atoms with E-state index in [4.69, 9.17) is 0 Å². The molecule has 0 radical (unpaired) electrons. The minimum Gasteiger partial charge on any atom is -0.242 e. The molecule has 1 fully saturated rings. The molecule has 1 aliphatic heterocycles. The number of rotatable bonds is 1. The second-order valence-electron chi connectivity index (χ2n) is 2.65. The van der Waals surface area contributed by atoms with Gasteiger partial charge >= 0.3 is 0 Å². The fourth-order valence-electron chi connectivity index (χ4n) is 1.10. The fraction of sp³-hybridized carbons (Fsp3) is 1.00. The summed E-state index contributed by atoms with van der Waals surface area (Å²) >= 11 is 0. The van der Waals surface area contributed by atoms with Crippen molar-refractivity contribution in [3.05, 3.63) is 0 Å². The van der Waals surface area contributed by atoms with Crippen LogP contribution in [0.15, 0.2) is 0 Å². The van der Waals surface area contributed by atoms with Gasteiger partial charge in [0.25, 0.3) is 0 Å². The van der Waals surface area contributed by atoms with Crippen LogP contribution in [0.2, 0.25) is 0 Å². The molecular formula is C5H5F5O2S. The van der Waals surface area contributed by atoms with Gasteiger partial charge in [0.1, 0.15) is 5.92 Å². The van der Waals surface area contributed by atoms with Gasteiger partial charge in [-0.25, -0.2) is 30.4 Å². The molecule has 4 unspecified atom stereocenters. The van der Waals surface area contributed by atoms with Crippen LogP contribution in [0.25, 0.3) is 0 Å². The van der Waals surface area contributed by atoms with E-state index in [-0.39, 0.29) is 0 Å². The van der Waals surface area contributed by atoms with Gasteiger partial charge < -0.3 is 0 Å². The topological polar surface area (TPSA) is 34.1 Å².